The monoisotopic (exact) mass is 268 g/mol. The first kappa shape index (κ1) is 10.6. The van der Waals surface area contributed by atoms with E-state index in [1.165, 1.54) is 6.42 Å². The smallest absolute Gasteiger partial charge is 0.272 e. The third-order valence-corrected chi connectivity index (χ3v) is 3.32. The molecule has 1 aromatic rings. The van der Waals surface area contributed by atoms with Gasteiger partial charge in [-0.3, -0.25) is 4.79 Å². The molecule has 4 heteroatoms. The predicted octanol–water partition coefficient (Wildman–Crippen LogP) is 2.47. The Morgan fingerprint density at radius 3 is 2.80 bits per heavy atom. The molecule has 1 fully saturated rings. The Balaban J connectivity index is 2.12. The van der Waals surface area contributed by atoms with Crippen molar-refractivity contribution in [2.75, 3.05) is 7.05 Å². The lowest BCUT2D eigenvalue weighted by Crippen LogP contribution is -2.41. The second-order valence-electron chi connectivity index (χ2n) is 3.85. The lowest BCUT2D eigenvalue weighted by molar-refractivity contribution is 0.0646. The van der Waals surface area contributed by atoms with Crippen molar-refractivity contribution in [3.8, 4) is 0 Å². The quantitative estimate of drug-likeness (QED) is 0.773. The zero-order valence-corrected chi connectivity index (χ0v) is 10.2. The van der Waals surface area contributed by atoms with Crippen molar-refractivity contribution in [2.24, 2.45) is 0 Å². The Morgan fingerprint density at radius 1 is 1.53 bits per heavy atom. The molecule has 1 aliphatic rings. The number of carbonyl (C=O) groups is 1. The largest absolute Gasteiger partial charge is 0.337 e. The SMILES string of the molecule is CN(C(=O)c1cccc(Br)n1)C1CCC1. The molecule has 1 aromatic heterocycles. The van der Waals surface area contributed by atoms with Gasteiger partial charge in [0.1, 0.15) is 10.3 Å². The van der Waals surface area contributed by atoms with Crippen LogP contribution in [-0.2, 0) is 0 Å². The van der Waals surface area contributed by atoms with Gasteiger partial charge in [0.15, 0.2) is 0 Å². The molecular weight excluding hydrogens is 256 g/mol. The standard InChI is InChI=1S/C11H13BrN2O/c1-14(8-4-2-5-8)11(15)9-6-3-7-10(12)13-9/h3,6-8H,2,4-5H2,1H3. The summed E-state index contributed by atoms with van der Waals surface area (Å²) in [5, 5.41) is 0. The summed E-state index contributed by atoms with van der Waals surface area (Å²) in [5.74, 6) is 0.0148. The van der Waals surface area contributed by atoms with Crippen molar-refractivity contribution in [3.63, 3.8) is 0 Å². The first-order chi connectivity index (χ1) is 7.18. The Bertz CT molecular complexity index is 377. The summed E-state index contributed by atoms with van der Waals surface area (Å²) in [6.07, 6.45) is 3.47. The molecule has 1 heterocycles. The van der Waals surface area contributed by atoms with Crippen LogP contribution in [0.4, 0.5) is 0 Å². The highest BCUT2D eigenvalue weighted by Crippen LogP contribution is 2.24. The van der Waals surface area contributed by atoms with Crippen molar-refractivity contribution in [1.82, 2.24) is 9.88 Å². The molecule has 2 rings (SSSR count). The fraction of sp³-hybridized carbons (Fsp3) is 0.455. The van der Waals surface area contributed by atoms with E-state index < -0.39 is 0 Å². The fourth-order valence-corrected chi connectivity index (χ4v) is 1.99. The molecule has 0 bridgehead atoms. The Morgan fingerprint density at radius 2 is 2.27 bits per heavy atom. The van der Waals surface area contributed by atoms with Crippen molar-refractivity contribution < 1.29 is 4.79 Å². The minimum Gasteiger partial charge on any atom is -0.337 e. The molecule has 1 amide bonds. The van der Waals surface area contributed by atoms with Gasteiger partial charge >= 0.3 is 0 Å². The van der Waals surface area contributed by atoms with Gasteiger partial charge in [-0.1, -0.05) is 6.07 Å². The number of rotatable bonds is 2. The van der Waals surface area contributed by atoms with Crippen molar-refractivity contribution in [1.29, 1.82) is 0 Å². The lowest BCUT2D eigenvalue weighted by Gasteiger charge is -2.34. The summed E-state index contributed by atoms with van der Waals surface area (Å²) in [6.45, 7) is 0. The van der Waals surface area contributed by atoms with E-state index in [1.54, 1.807) is 11.0 Å². The van der Waals surface area contributed by atoms with Crippen LogP contribution in [0.25, 0.3) is 0 Å². The number of nitrogens with zero attached hydrogens (tertiary/aromatic N) is 2. The predicted molar refractivity (Wildman–Crippen MR) is 61.7 cm³/mol. The Hall–Kier alpha value is -0.900. The van der Waals surface area contributed by atoms with Gasteiger partial charge in [0.05, 0.1) is 0 Å². The number of amides is 1. The highest BCUT2D eigenvalue weighted by Gasteiger charge is 2.26. The first-order valence-corrected chi connectivity index (χ1v) is 5.87. The minimum atomic E-state index is 0.0148. The van der Waals surface area contributed by atoms with Crippen molar-refractivity contribution >= 4 is 21.8 Å². The molecule has 0 N–H and O–H groups in total. The summed E-state index contributed by atoms with van der Waals surface area (Å²) in [6, 6.07) is 5.82. The van der Waals surface area contributed by atoms with Gasteiger partial charge in [-0.05, 0) is 47.3 Å². The second-order valence-corrected chi connectivity index (χ2v) is 4.66. The summed E-state index contributed by atoms with van der Waals surface area (Å²) >= 11 is 3.27. The van der Waals surface area contributed by atoms with Crippen LogP contribution in [0.2, 0.25) is 0 Å². The van der Waals surface area contributed by atoms with Crippen LogP contribution in [0.5, 0.6) is 0 Å². The average Bonchev–Trinajstić information content (AvgIpc) is 2.14. The van der Waals surface area contributed by atoms with Crippen LogP contribution in [0.15, 0.2) is 22.8 Å². The number of carbonyl (C=O) groups excluding carboxylic acids is 1. The molecule has 0 radical (unpaired) electrons. The van der Waals surface area contributed by atoms with Gasteiger partial charge in [-0.25, -0.2) is 4.98 Å². The van der Waals surface area contributed by atoms with E-state index in [-0.39, 0.29) is 5.91 Å². The molecule has 0 unspecified atom stereocenters. The molecular formula is C11H13BrN2O. The van der Waals surface area contributed by atoms with E-state index in [0.29, 0.717) is 16.3 Å². The number of halogens is 1. The van der Waals surface area contributed by atoms with Crippen LogP contribution in [0.1, 0.15) is 29.8 Å². The number of hydrogen-bond acceptors (Lipinski definition) is 2. The molecule has 15 heavy (non-hydrogen) atoms. The summed E-state index contributed by atoms with van der Waals surface area (Å²) in [5.41, 5.74) is 0.513. The summed E-state index contributed by atoms with van der Waals surface area (Å²) in [7, 11) is 1.86. The van der Waals surface area contributed by atoms with Crippen LogP contribution in [0, 0.1) is 0 Å². The Kier molecular flexibility index (Phi) is 3.05. The van der Waals surface area contributed by atoms with Gasteiger partial charge in [0.2, 0.25) is 0 Å². The second kappa shape index (κ2) is 4.31. The maximum absolute atomic E-state index is 12.0. The average molecular weight is 269 g/mol. The van der Waals surface area contributed by atoms with Crippen molar-refractivity contribution in [2.45, 2.75) is 25.3 Å². The molecule has 1 aliphatic carbocycles. The zero-order valence-electron chi connectivity index (χ0n) is 8.61. The highest BCUT2D eigenvalue weighted by atomic mass is 79.9. The third kappa shape index (κ3) is 2.20. The van der Waals surface area contributed by atoms with E-state index in [0.717, 1.165) is 12.8 Å². The maximum atomic E-state index is 12.0. The highest BCUT2D eigenvalue weighted by molar-refractivity contribution is 9.10. The molecule has 0 aliphatic heterocycles. The molecule has 0 aromatic carbocycles. The first-order valence-electron chi connectivity index (χ1n) is 5.08. The van der Waals surface area contributed by atoms with Gasteiger partial charge in [0, 0.05) is 13.1 Å². The van der Waals surface area contributed by atoms with E-state index in [1.807, 2.05) is 19.2 Å². The topological polar surface area (TPSA) is 33.2 Å². The van der Waals surface area contributed by atoms with Gasteiger partial charge < -0.3 is 4.90 Å². The Labute approximate surface area is 97.6 Å². The summed E-state index contributed by atoms with van der Waals surface area (Å²) < 4.78 is 0.704. The number of hydrogen-bond donors (Lipinski definition) is 0. The van der Waals surface area contributed by atoms with Crippen molar-refractivity contribution in [3.05, 3.63) is 28.5 Å². The van der Waals surface area contributed by atoms with E-state index in [2.05, 4.69) is 20.9 Å². The van der Waals surface area contributed by atoms with Crippen LogP contribution in [0.3, 0.4) is 0 Å². The van der Waals surface area contributed by atoms with Gasteiger partial charge in [0.25, 0.3) is 5.91 Å². The number of aromatic nitrogens is 1. The molecule has 1 saturated carbocycles. The zero-order chi connectivity index (χ0) is 10.8. The van der Waals surface area contributed by atoms with E-state index in [4.69, 9.17) is 0 Å². The van der Waals surface area contributed by atoms with E-state index >= 15 is 0 Å². The molecule has 0 spiro atoms. The van der Waals surface area contributed by atoms with Crippen LogP contribution < -0.4 is 0 Å². The fourth-order valence-electron chi connectivity index (χ4n) is 1.65. The van der Waals surface area contributed by atoms with Crippen LogP contribution in [-0.4, -0.2) is 28.9 Å². The van der Waals surface area contributed by atoms with Gasteiger partial charge in [-0.2, -0.15) is 0 Å². The van der Waals surface area contributed by atoms with E-state index in [9.17, 15) is 4.79 Å². The summed E-state index contributed by atoms with van der Waals surface area (Å²) in [4.78, 5) is 17.9. The molecule has 80 valence electrons. The molecule has 0 saturated heterocycles. The van der Waals surface area contributed by atoms with Gasteiger partial charge in [-0.15, -0.1) is 0 Å². The maximum Gasteiger partial charge on any atom is 0.272 e. The number of pyridine rings is 1. The molecule has 3 nitrogen and oxygen atoms in total. The third-order valence-electron chi connectivity index (χ3n) is 2.88. The molecule has 0 atom stereocenters. The normalized spacial score (nSPS) is 15.9. The van der Waals surface area contributed by atoms with Crippen LogP contribution >= 0.6 is 15.9 Å². The lowest BCUT2D eigenvalue weighted by atomic mass is 9.92. The minimum absolute atomic E-state index is 0.0148.